The van der Waals surface area contributed by atoms with Gasteiger partial charge in [-0.1, -0.05) is 24.3 Å². The molecule has 0 bridgehead atoms. The van der Waals surface area contributed by atoms with Crippen molar-refractivity contribution in [3.05, 3.63) is 54.2 Å². The van der Waals surface area contributed by atoms with E-state index in [0.717, 1.165) is 72.5 Å². The fourth-order valence-corrected chi connectivity index (χ4v) is 5.57. The predicted octanol–water partition coefficient (Wildman–Crippen LogP) is 4.86. The molecule has 0 N–H and O–H groups in total. The number of piperidine rings is 1. The van der Waals surface area contributed by atoms with Crippen LogP contribution in [0.15, 0.2) is 48.7 Å². The van der Waals surface area contributed by atoms with Crippen molar-refractivity contribution in [1.29, 1.82) is 5.26 Å². The molecule has 0 radical (unpaired) electrons. The zero-order valence-corrected chi connectivity index (χ0v) is 20.2. The molecule has 5 rings (SSSR count). The molecule has 176 valence electrons. The Morgan fingerprint density at radius 1 is 1.03 bits per heavy atom. The number of rotatable bonds is 4. The molecule has 0 saturated carbocycles. The molecule has 0 spiro atoms. The molecular formula is C28H32N4O2. The zero-order chi connectivity index (χ0) is 23.7. The highest BCUT2D eigenvalue weighted by atomic mass is 16.5. The summed E-state index contributed by atoms with van der Waals surface area (Å²) in [5, 5.41) is 10.1. The monoisotopic (exact) mass is 456 g/mol. The minimum Gasteiger partial charge on any atom is -0.494 e. The second kappa shape index (κ2) is 9.61. The van der Waals surface area contributed by atoms with Crippen molar-refractivity contribution in [1.82, 2.24) is 9.88 Å². The maximum Gasteiger partial charge on any atom is 0.153 e. The number of aromatic nitrogens is 1. The summed E-state index contributed by atoms with van der Waals surface area (Å²) >= 11 is 0. The number of ether oxygens (including phenoxy) is 2. The number of hydrogen-bond donors (Lipinski definition) is 0. The van der Waals surface area contributed by atoms with Gasteiger partial charge in [0, 0.05) is 43.2 Å². The average molecular weight is 457 g/mol. The largest absolute Gasteiger partial charge is 0.494 e. The molecule has 3 heterocycles. The van der Waals surface area contributed by atoms with E-state index in [0.29, 0.717) is 23.8 Å². The summed E-state index contributed by atoms with van der Waals surface area (Å²) in [5.74, 6) is 0.882. The van der Waals surface area contributed by atoms with Crippen LogP contribution in [0.25, 0.3) is 22.0 Å². The Hall–Kier alpha value is -3.14. The lowest BCUT2D eigenvalue weighted by Crippen LogP contribution is -2.53. The van der Waals surface area contributed by atoms with Crippen LogP contribution in [0, 0.1) is 11.3 Å². The van der Waals surface area contributed by atoms with Crippen LogP contribution in [-0.4, -0.2) is 61.4 Å². The van der Waals surface area contributed by atoms with Crippen LogP contribution in [0.2, 0.25) is 0 Å². The van der Waals surface area contributed by atoms with Crippen LogP contribution in [0.5, 0.6) is 5.75 Å². The summed E-state index contributed by atoms with van der Waals surface area (Å²) in [5.41, 5.74) is 4.72. The van der Waals surface area contributed by atoms with E-state index in [4.69, 9.17) is 19.7 Å². The molecule has 34 heavy (non-hydrogen) atoms. The van der Waals surface area contributed by atoms with Gasteiger partial charge in [-0.25, -0.2) is 0 Å². The number of pyridine rings is 1. The second-order valence-electron chi connectivity index (χ2n) is 9.50. The van der Waals surface area contributed by atoms with Gasteiger partial charge in [0.15, 0.2) is 5.75 Å². The Balaban J connectivity index is 1.40. The molecule has 1 aromatic heterocycles. The van der Waals surface area contributed by atoms with E-state index in [1.165, 1.54) is 0 Å². The van der Waals surface area contributed by atoms with Crippen molar-refractivity contribution in [2.24, 2.45) is 0 Å². The molecule has 2 aliphatic heterocycles. The third-order valence-electron chi connectivity index (χ3n) is 7.13. The molecular weight excluding hydrogens is 424 g/mol. The predicted molar refractivity (Wildman–Crippen MR) is 135 cm³/mol. The molecule has 0 amide bonds. The van der Waals surface area contributed by atoms with Crippen LogP contribution >= 0.6 is 0 Å². The number of para-hydroxylation sites is 1. The first-order valence-electron chi connectivity index (χ1n) is 12.2. The number of hydrogen-bond acceptors (Lipinski definition) is 6. The Morgan fingerprint density at radius 3 is 2.38 bits per heavy atom. The van der Waals surface area contributed by atoms with Gasteiger partial charge < -0.3 is 14.4 Å². The Labute approximate surface area is 201 Å². The summed E-state index contributed by atoms with van der Waals surface area (Å²) in [6.45, 7) is 8.38. The highest BCUT2D eigenvalue weighted by molar-refractivity contribution is 5.99. The number of anilines is 1. The van der Waals surface area contributed by atoms with Gasteiger partial charge in [0.05, 0.1) is 48.4 Å². The van der Waals surface area contributed by atoms with E-state index in [-0.39, 0.29) is 0 Å². The highest BCUT2D eigenvalue weighted by Crippen LogP contribution is 2.39. The molecule has 2 aromatic carbocycles. The Bertz CT molecular complexity index is 1190. The van der Waals surface area contributed by atoms with Gasteiger partial charge in [0.2, 0.25) is 0 Å². The number of methoxy groups -OCH3 is 1. The van der Waals surface area contributed by atoms with Crippen LogP contribution < -0.4 is 9.64 Å². The standard InChI is InChI=1S/C28H32N4O2/c1-19-17-32(18-20(2)34-19)23-11-13-31(14-12-23)26-16-30-27-24(5-4-6-25(27)28(26)33-3)22-9-7-21(15-29)8-10-22/h4-10,16,19-20,23H,11-14,17-18H2,1-3H3. The smallest absolute Gasteiger partial charge is 0.153 e. The van der Waals surface area contributed by atoms with Gasteiger partial charge in [-0.05, 0) is 50.5 Å². The molecule has 2 aliphatic rings. The van der Waals surface area contributed by atoms with Crippen molar-refractivity contribution >= 4 is 16.6 Å². The minimum atomic E-state index is 0.303. The van der Waals surface area contributed by atoms with Gasteiger partial charge in [0.25, 0.3) is 0 Å². The maximum atomic E-state index is 9.12. The third kappa shape index (κ3) is 4.34. The SMILES string of the molecule is COc1c(N2CCC(N3CC(C)OC(C)C3)CC2)cnc2c(-c3ccc(C#N)cc3)cccc12. The summed E-state index contributed by atoms with van der Waals surface area (Å²) in [6, 6.07) is 16.7. The molecule has 2 fully saturated rings. The lowest BCUT2D eigenvalue weighted by Gasteiger charge is -2.44. The summed E-state index contributed by atoms with van der Waals surface area (Å²) in [4.78, 5) is 9.94. The molecule has 2 atom stereocenters. The molecule has 2 saturated heterocycles. The quantitative estimate of drug-likeness (QED) is 0.559. The van der Waals surface area contributed by atoms with E-state index in [2.05, 4.69) is 47.9 Å². The number of nitrogens with zero attached hydrogens (tertiary/aromatic N) is 4. The number of fused-ring (bicyclic) bond motifs is 1. The van der Waals surface area contributed by atoms with Crippen molar-refractivity contribution in [3.63, 3.8) is 0 Å². The van der Waals surface area contributed by atoms with Gasteiger partial charge in [0.1, 0.15) is 0 Å². The van der Waals surface area contributed by atoms with Gasteiger partial charge >= 0.3 is 0 Å². The fourth-order valence-electron chi connectivity index (χ4n) is 5.57. The zero-order valence-electron chi connectivity index (χ0n) is 20.2. The molecule has 6 heteroatoms. The summed E-state index contributed by atoms with van der Waals surface area (Å²) in [7, 11) is 1.75. The third-order valence-corrected chi connectivity index (χ3v) is 7.13. The van der Waals surface area contributed by atoms with Crippen LogP contribution in [0.1, 0.15) is 32.3 Å². The first kappa shape index (κ1) is 22.6. The van der Waals surface area contributed by atoms with E-state index < -0.39 is 0 Å². The number of nitriles is 1. The van der Waals surface area contributed by atoms with Crippen molar-refractivity contribution in [3.8, 4) is 22.9 Å². The van der Waals surface area contributed by atoms with E-state index in [9.17, 15) is 0 Å². The van der Waals surface area contributed by atoms with Crippen molar-refractivity contribution < 1.29 is 9.47 Å². The molecule has 0 aliphatic carbocycles. The normalized spacial score (nSPS) is 22.0. The molecule has 6 nitrogen and oxygen atoms in total. The maximum absolute atomic E-state index is 9.12. The minimum absolute atomic E-state index is 0.303. The Morgan fingerprint density at radius 2 is 1.74 bits per heavy atom. The van der Waals surface area contributed by atoms with E-state index in [1.54, 1.807) is 7.11 Å². The number of benzene rings is 2. The van der Waals surface area contributed by atoms with Gasteiger partial charge in [-0.3, -0.25) is 9.88 Å². The van der Waals surface area contributed by atoms with Gasteiger partial charge in [-0.15, -0.1) is 0 Å². The number of morpholine rings is 1. The molecule has 3 aromatic rings. The fraction of sp³-hybridized carbons (Fsp3) is 0.429. The van der Waals surface area contributed by atoms with Crippen molar-refractivity contribution in [2.75, 3.05) is 38.2 Å². The first-order chi connectivity index (χ1) is 16.6. The lowest BCUT2D eigenvalue weighted by molar-refractivity contribution is -0.0826. The lowest BCUT2D eigenvalue weighted by atomic mass is 9.99. The summed E-state index contributed by atoms with van der Waals surface area (Å²) in [6.07, 6.45) is 4.83. The van der Waals surface area contributed by atoms with E-state index in [1.807, 2.05) is 30.5 Å². The van der Waals surface area contributed by atoms with Crippen LogP contribution in [-0.2, 0) is 4.74 Å². The Kier molecular flexibility index (Phi) is 6.40. The summed E-state index contributed by atoms with van der Waals surface area (Å²) < 4.78 is 11.9. The van der Waals surface area contributed by atoms with Gasteiger partial charge in [-0.2, -0.15) is 5.26 Å². The average Bonchev–Trinajstić information content (AvgIpc) is 2.87. The topological polar surface area (TPSA) is 61.6 Å². The van der Waals surface area contributed by atoms with Crippen molar-refractivity contribution in [2.45, 2.75) is 44.9 Å². The van der Waals surface area contributed by atoms with E-state index >= 15 is 0 Å². The highest BCUT2D eigenvalue weighted by Gasteiger charge is 2.31. The molecule has 2 unspecified atom stereocenters. The van der Waals surface area contributed by atoms with Crippen LogP contribution in [0.3, 0.4) is 0 Å². The van der Waals surface area contributed by atoms with Crippen LogP contribution in [0.4, 0.5) is 5.69 Å². The first-order valence-corrected chi connectivity index (χ1v) is 12.2. The second-order valence-corrected chi connectivity index (χ2v) is 9.50.